The maximum absolute atomic E-state index is 13.5. The fraction of sp³-hybridized carbons (Fsp3) is 0.529. The van der Waals surface area contributed by atoms with Crippen LogP contribution in [0.1, 0.15) is 101 Å². The molecule has 2 aliphatic rings. The van der Waals surface area contributed by atoms with Crippen LogP contribution in [0.4, 0.5) is 0 Å². The summed E-state index contributed by atoms with van der Waals surface area (Å²) in [6.07, 6.45) is 4.15. The third kappa shape index (κ3) is 9.91. The minimum atomic E-state index is -0.476. The smallest absolute Gasteiger partial charge is 0.271 e. The average Bonchev–Trinajstić information content (AvgIpc) is 3.77. The molecule has 2 aliphatic heterocycles. The summed E-state index contributed by atoms with van der Waals surface area (Å²) in [5, 5.41) is 17.3. The fourth-order valence-corrected chi connectivity index (χ4v) is 7.71. The Bertz CT molecular complexity index is 1500. The van der Waals surface area contributed by atoms with E-state index in [1.165, 1.54) is 22.7 Å². The van der Waals surface area contributed by atoms with Gasteiger partial charge in [-0.2, -0.15) is 0 Å². The Kier molecular flexibility index (Phi) is 12.5. The lowest BCUT2D eigenvalue weighted by Gasteiger charge is -2.30. The summed E-state index contributed by atoms with van der Waals surface area (Å²) in [4.78, 5) is 64.5. The molecule has 47 heavy (non-hydrogen) atoms. The molecule has 5 rings (SSSR count). The van der Waals surface area contributed by atoms with Gasteiger partial charge in [-0.3, -0.25) is 19.2 Å². The number of carbonyl (C=O) groups is 4. The zero-order chi connectivity index (χ0) is 33.2. The topological polar surface area (TPSA) is 145 Å². The predicted octanol–water partition coefficient (Wildman–Crippen LogP) is 4.26. The van der Waals surface area contributed by atoms with Crippen LogP contribution in [0.3, 0.4) is 0 Å². The lowest BCUT2D eigenvalue weighted by molar-refractivity contribution is -0.137. The molecule has 4 bridgehead atoms. The standard InChI is InChI=1S/C34H45N7O4S2/c1-22(2)18-25-32-40-28(21-47-32)31(44)38-26(19-23-8-4-3-5-9-23)33-39-27(20-46-33)30(43)36-13-7-17-41(16-6-10-29(42)37-25)34(45)24-11-14-35-15-12-24/h3-5,8-9,20-22,24-26,35H,6-7,10-19H2,1-2H3,(H,36,43)(H,37,42)(H,38,44)/t25-,26-/m0/s1. The van der Waals surface area contributed by atoms with Gasteiger partial charge >= 0.3 is 0 Å². The number of rotatable bonds is 5. The van der Waals surface area contributed by atoms with Crippen molar-refractivity contribution in [2.24, 2.45) is 11.8 Å². The Hall–Kier alpha value is -3.68. The van der Waals surface area contributed by atoms with Gasteiger partial charge in [-0.05, 0) is 63.1 Å². The van der Waals surface area contributed by atoms with Gasteiger partial charge in [0.2, 0.25) is 11.8 Å². The van der Waals surface area contributed by atoms with Crippen molar-refractivity contribution < 1.29 is 19.2 Å². The maximum Gasteiger partial charge on any atom is 0.271 e. The van der Waals surface area contributed by atoms with Crippen LogP contribution in [-0.4, -0.2) is 71.2 Å². The second-order valence-electron chi connectivity index (χ2n) is 12.7. The molecule has 0 radical (unpaired) electrons. The van der Waals surface area contributed by atoms with Crippen molar-refractivity contribution in [3.05, 3.63) is 68.1 Å². The summed E-state index contributed by atoms with van der Waals surface area (Å²) in [5.74, 6) is -0.357. The summed E-state index contributed by atoms with van der Waals surface area (Å²) in [6, 6.07) is 9.02. The average molecular weight is 680 g/mol. The number of fused-ring (bicyclic) bond motifs is 4. The van der Waals surface area contributed by atoms with Crippen molar-refractivity contribution in [3.8, 4) is 0 Å². The van der Waals surface area contributed by atoms with Crippen LogP contribution in [0, 0.1) is 11.8 Å². The van der Waals surface area contributed by atoms with E-state index in [-0.39, 0.29) is 47.7 Å². The Balaban J connectivity index is 1.39. The molecule has 3 aromatic rings. The van der Waals surface area contributed by atoms with Crippen molar-refractivity contribution in [1.82, 2.24) is 36.1 Å². The van der Waals surface area contributed by atoms with Crippen LogP contribution in [0.15, 0.2) is 41.1 Å². The normalized spacial score (nSPS) is 21.0. The van der Waals surface area contributed by atoms with E-state index in [9.17, 15) is 19.2 Å². The SMILES string of the molecule is CC(C)C[C@@H]1NC(=O)CCCN(C(=O)C2CCNCC2)CCCNC(=O)c2csc(n2)[C@H](Cc2ccccc2)NC(=O)c2csc1n2. The minimum Gasteiger partial charge on any atom is -0.351 e. The number of thiazole rings is 2. The molecule has 0 aliphatic carbocycles. The zero-order valence-corrected chi connectivity index (χ0v) is 28.8. The number of benzene rings is 1. The van der Waals surface area contributed by atoms with E-state index >= 15 is 0 Å². The van der Waals surface area contributed by atoms with Gasteiger partial charge in [-0.1, -0.05) is 44.2 Å². The molecular formula is C34H45N7O4S2. The van der Waals surface area contributed by atoms with E-state index in [2.05, 4.69) is 45.1 Å². The number of nitrogens with one attached hydrogen (secondary N) is 4. The Labute approximate surface area is 284 Å². The number of hydrogen-bond donors (Lipinski definition) is 4. The highest BCUT2D eigenvalue weighted by Gasteiger charge is 2.28. The number of hydrogen-bond acceptors (Lipinski definition) is 9. The van der Waals surface area contributed by atoms with E-state index in [1.807, 2.05) is 35.2 Å². The van der Waals surface area contributed by atoms with Gasteiger partial charge in [0.15, 0.2) is 0 Å². The lowest BCUT2D eigenvalue weighted by atomic mass is 9.96. The van der Waals surface area contributed by atoms with Crippen molar-refractivity contribution in [1.29, 1.82) is 0 Å². The highest BCUT2D eigenvalue weighted by Crippen LogP contribution is 2.27. The van der Waals surface area contributed by atoms with Gasteiger partial charge in [0.25, 0.3) is 11.8 Å². The summed E-state index contributed by atoms with van der Waals surface area (Å²) >= 11 is 2.69. The first kappa shape index (κ1) is 34.6. The Morgan fingerprint density at radius 3 is 2.23 bits per heavy atom. The van der Waals surface area contributed by atoms with E-state index in [1.54, 1.807) is 10.8 Å². The molecule has 2 aromatic heterocycles. The van der Waals surface area contributed by atoms with Crippen molar-refractivity contribution >= 4 is 46.3 Å². The number of nitrogens with zero attached hydrogens (tertiary/aromatic N) is 3. The number of piperidine rings is 1. The summed E-state index contributed by atoms with van der Waals surface area (Å²) in [7, 11) is 0. The number of aromatic nitrogens is 2. The Morgan fingerprint density at radius 1 is 0.872 bits per heavy atom. The molecule has 4 N–H and O–H groups in total. The quantitative estimate of drug-likeness (QED) is 0.316. The molecule has 0 spiro atoms. The molecule has 1 fully saturated rings. The first-order chi connectivity index (χ1) is 22.8. The molecule has 1 aromatic carbocycles. The van der Waals surface area contributed by atoms with Gasteiger partial charge in [-0.25, -0.2) is 9.97 Å². The molecule has 1 saturated heterocycles. The summed E-state index contributed by atoms with van der Waals surface area (Å²) in [6.45, 7) is 7.17. The highest BCUT2D eigenvalue weighted by atomic mass is 32.1. The number of carbonyl (C=O) groups excluding carboxylic acids is 4. The monoisotopic (exact) mass is 679 g/mol. The minimum absolute atomic E-state index is 0.0303. The number of amides is 4. The summed E-state index contributed by atoms with van der Waals surface area (Å²) < 4.78 is 0. The third-order valence-electron chi connectivity index (χ3n) is 8.46. The van der Waals surface area contributed by atoms with Gasteiger partial charge in [0, 0.05) is 42.7 Å². The molecule has 4 heterocycles. The van der Waals surface area contributed by atoms with Gasteiger partial charge in [0.1, 0.15) is 21.4 Å². The molecule has 2 atom stereocenters. The highest BCUT2D eigenvalue weighted by molar-refractivity contribution is 7.10. The van der Waals surface area contributed by atoms with E-state index in [0.29, 0.717) is 66.9 Å². The van der Waals surface area contributed by atoms with Gasteiger partial charge in [-0.15, -0.1) is 22.7 Å². The van der Waals surface area contributed by atoms with Crippen LogP contribution in [0.25, 0.3) is 0 Å². The van der Waals surface area contributed by atoms with E-state index < -0.39 is 6.04 Å². The predicted molar refractivity (Wildman–Crippen MR) is 183 cm³/mol. The van der Waals surface area contributed by atoms with E-state index in [4.69, 9.17) is 0 Å². The van der Waals surface area contributed by atoms with Crippen molar-refractivity contribution in [3.63, 3.8) is 0 Å². The molecule has 252 valence electrons. The lowest BCUT2D eigenvalue weighted by Crippen LogP contribution is -2.42. The molecule has 0 unspecified atom stereocenters. The molecule has 11 nitrogen and oxygen atoms in total. The second-order valence-corrected chi connectivity index (χ2v) is 14.4. The molecular weight excluding hydrogens is 635 g/mol. The van der Waals surface area contributed by atoms with Crippen LogP contribution in [0.5, 0.6) is 0 Å². The van der Waals surface area contributed by atoms with Crippen LogP contribution in [-0.2, 0) is 16.0 Å². The van der Waals surface area contributed by atoms with Crippen LogP contribution in [0.2, 0.25) is 0 Å². The fourth-order valence-electron chi connectivity index (χ4n) is 6.00. The molecule has 13 heteroatoms. The Morgan fingerprint density at radius 2 is 1.53 bits per heavy atom. The van der Waals surface area contributed by atoms with Crippen molar-refractivity contribution in [2.45, 2.75) is 70.9 Å². The maximum atomic E-state index is 13.5. The largest absolute Gasteiger partial charge is 0.351 e. The zero-order valence-electron chi connectivity index (χ0n) is 27.1. The molecule has 4 amide bonds. The van der Waals surface area contributed by atoms with Crippen LogP contribution < -0.4 is 21.3 Å². The first-order valence-corrected chi connectivity index (χ1v) is 18.4. The second kappa shape index (κ2) is 16.9. The first-order valence-electron chi connectivity index (χ1n) is 16.6. The third-order valence-corrected chi connectivity index (χ3v) is 10.4. The molecule has 0 saturated carbocycles. The van der Waals surface area contributed by atoms with Gasteiger partial charge in [0.05, 0.1) is 12.1 Å². The van der Waals surface area contributed by atoms with Crippen LogP contribution >= 0.6 is 22.7 Å². The van der Waals surface area contributed by atoms with Crippen molar-refractivity contribution in [2.75, 3.05) is 32.7 Å². The van der Waals surface area contributed by atoms with E-state index in [0.717, 1.165) is 31.5 Å². The van der Waals surface area contributed by atoms with Gasteiger partial charge < -0.3 is 26.2 Å². The summed E-state index contributed by atoms with van der Waals surface area (Å²) in [5.41, 5.74) is 1.59.